The molecular weight excluding hydrogens is 440 g/mol. The average molecular weight is 479 g/mol. The van der Waals surface area contributed by atoms with Gasteiger partial charge in [0.25, 0.3) is 0 Å². The highest BCUT2D eigenvalue weighted by molar-refractivity contribution is 5.85. The number of fused-ring (bicyclic) bond motifs is 1. The first kappa shape index (κ1) is 25.6. The van der Waals surface area contributed by atoms with E-state index in [0.717, 1.165) is 62.6 Å². The number of methoxy groups -OCH3 is 1. The Morgan fingerprint density at radius 2 is 1.86 bits per heavy atom. The van der Waals surface area contributed by atoms with Crippen LogP contribution in [0, 0.1) is 5.41 Å². The van der Waals surface area contributed by atoms with Crippen LogP contribution in [0.5, 0.6) is 5.75 Å². The molecule has 6 nitrogen and oxygen atoms in total. The van der Waals surface area contributed by atoms with Gasteiger partial charge < -0.3 is 25.0 Å². The van der Waals surface area contributed by atoms with E-state index in [1.807, 2.05) is 18.2 Å². The number of aliphatic hydroxyl groups is 3. The number of nitrogens with zero attached hydrogens (tertiary/aromatic N) is 2. The first-order chi connectivity index (χ1) is 17.1. The standard InChI is InChI=1S/C29H38N2O4/c1-35-24-9-10-26-25(18-24)28(23(20-32)19-30-26)27(34)11-12-29(21-33)13-16-31(17-14-29)15-5-8-22-6-3-2-4-7-22/h2-4,6-7,9-10,18-19,27,32-34H,5,8,11-17,20-21H2,1H3. The van der Waals surface area contributed by atoms with Crippen LogP contribution in [0.3, 0.4) is 0 Å². The summed E-state index contributed by atoms with van der Waals surface area (Å²) in [7, 11) is 1.61. The number of aromatic nitrogens is 1. The van der Waals surface area contributed by atoms with Gasteiger partial charge in [-0.1, -0.05) is 30.3 Å². The first-order valence-electron chi connectivity index (χ1n) is 12.7. The van der Waals surface area contributed by atoms with Crippen molar-refractivity contribution in [3.05, 3.63) is 71.4 Å². The summed E-state index contributed by atoms with van der Waals surface area (Å²) in [5.41, 5.74) is 3.31. The molecule has 2 heterocycles. The summed E-state index contributed by atoms with van der Waals surface area (Å²) in [4.78, 5) is 6.93. The molecule has 0 aliphatic carbocycles. The van der Waals surface area contributed by atoms with Crippen LogP contribution >= 0.6 is 0 Å². The van der Waals surface area contributed by atoms with Crippen LogP contribution in [0.1, 0.15) is 54.9 Å². The minimum atomic E-state index is -0.748. The fourth-order valence-corrected chi connectivity index (χ4v) is 5.36. The number of likely N-dealkylation sites (tertiary alicyclic amines) is 1. The number of hydrogen-bond acceptors (Lipinski definition) is 6. The van der Waals surface area contributed by atoms with E-state index in [1.165, 1.54) is 5.56 Å². The van der Waals surface area contributed by atoms with Crippen LogP contribution in [-0.4, -0.2) is 58.6 Å². The zero-order valence-corrected chi connectivity index (χ0v) is 20.7. The predicted octanol–water partition coefficient (Wildman–Crippen LogP) is 4.26. The molecule has 1 unspecified atom stereocenters. The van der Waals surface area contributed by atoms with Crippen molar-refractivity contribution in [2.24, 2.45) is 5.41 Å². The smallest absolute Gasteiger partial charge is 0.119 e. The summed E-state index contributed by atoms with van der Waals surface area (Å²) in [6.07, 6.45) is 6.24. The minimum absolute atomic E-state index is 0.134. The lowest BCUT2D eigenvalue weighted by molar-refractivity contribution is 0.0232. The second kappa shape index (κ2) is 12.0. The Kier molecular flexibility index (Phi) is 8.74. The van der Waals surface area contributed by atoms with Crippen LogP contribution in [0.25, 0.3) is 10.9 Å². The van der Waals surface area contributed by atoms with Crippen LogP contribution in [0.4, 0.5) is 0 Å². The molecule has 188 valence electrons. The molecule has 0 bridgehead atoms. The van der Waals surface area contributed by atoms with Crippen molar-refractivity contribution in [2.75, 3.05) is 33.4 Å². The SMILES string of the molecule is COc1ccc2ncc(CO)c(C(O)CCC3(CO)CCN(CCCc4ccccc4)CC3)c2c1. The minimum Gasteiger partial charge on any atom is -0.497 e. The first-order valence-corrected chi connectivity index (χ1v) is 12.7. The van der Waals surface area contributed by atoms with Gasteiger partial charge in [0, 0.05) is 23.8 Å². The number of aryl methyl sites for hydroxylation is 1. The molecule has 4 rings (SSSR count). The number of ether oxygens (including phenoxy) is 1. The predicted molar refractivity (Wildman–Crippen MR) is 138 cm³/mol. The van der Waals surface area contributed by atoms with Crippen molar-refractivity contribution >= 4 is 10.9 Å². The molecule has 0 saturated carbocycles. The molecule has 35 heavy (non-hydrogen) atoms. The van der Waals surface area contributed by atoms with Gasteiger partial charge in [-0.3, -0.25) is 4.98 Å². The Balaban J connectivity index is 1.36. The highest BCUT2D eigenvalue weighted by atomic mass is 16.5. The van der Waals surface area contributed by atoms with Gasteiger partial charge in [0.2, 0.25) is 0 Å². The summed E-state index contributed by atoms with van der Waals surface area (Å²) >= 11 is 0. The van der Waals surface area contributed by atoms with E-state index in [9.17, 15) is 15.3 Å². The van der Waals surface area contributed by atoms with E-state index in [1.54, 1.807) is 13.3 Å². The van der Waals surface area contributed by atoms with Crippen LogP contribution in [-0.2, 0) is 13.0 Å². The lowest BCUT2D eigenvalue weighted by Crippen LogP contribution is -2.42. The van der Waals surface area contributed by atoms with Crippen molar-refractivity contribution in [3.8, 4) is 5.75 Å². The Morgan fingerprint density at radius 3 is 2.54 bits per heavy atom. The Labute approximate surface area is 208 Å². The summed E-state index contributed by atoms with van der Waals surface area (Å²) in [5, 5.41) is 32.3. The normalized spacial score (nSPS) is 16.9. The van der Waals surface area contributed by atoms with Gasteiger partial charge in [0.05, 0.1) is 25.3 Å². The third-order valence-electron chi connectivity index (χ3n) is 7.69. The summed E-state index contributed by atoms with van der Waals surface area (Å²) in [5.74, 6) is 0.689. The van der Waals surface area contributed by atoms with E-state index in [-0.39, 0.29) is 18.6 Å². The molecule has 0 amide bonds. The lowest BCUT2D eigenvalue weighted by atomic mass is 9.74. The molecule has 2 aromatic carbocycles. The van der Waals surface area contributed by atoms with Crippen molar-refractivity contribution < 1.29 is 20.1 Å². The Hall–Kier alpha value is -2.51. The van der Waals surface area contributed by atoms with E-state index in [2.05, 4.69) is 40.2 Å². The Morgan fingerprint density at radius 1 is 1.09 bits per heavy atom. The van der Waals surface area contributed by atoms with Gasteiger partial charge in [0.1, 0.15) is 5.75 Å². The largest absolute Gasteiger partial charge is 0.497 e. The number of hydrogen-bond donors (Lipinski definition) is 3. The van der Waals surface area contributed by atoms with Crippen molar-refractivity contribution in [1.29, 1.82) is 0 Å². The molecule has 1 aromatic heterocycles. The zero-order chi connectivity index (χ0) is 24.7. The van der Waals surface area contributed by atoms with E-state index in [4.69, 9.17) is 4.74 Å². The molecule has 3 aromatic rings. The van der Waals surface area contributed by atoms with Crippen molar-refractivity contribution in [1.82, 2.24) is 9.88 Å². The molecule has 3 N–H and O–H groups in total. The highest BCUT2D eigenvalue weighted by Crippen LogP contribution is 2.39. The van der Waals surface area contributed by atoms with Crippen LogP contribution in [0.2, 0.25) is 0 Å². The molecule has 1 aliphatic heterocycles. The number of aliphatic hydroxyl groups excluding tert-OH is 3. The molecular formula is C29H38N2O4. The maximum Gasteiger partial charge on any atom is 0.119 e. The lowest BCUT2D eigenvalue weighted by Gasteiger charge is -2.41. The van der Waals surface area contributed by atoms with Gasteiger partial charge in [0.15, 0.2) is 0 Å². The van der Waals surface area contributed by atoms with Gasteiger partial charge in [-0.05, 0) is 92.9 Å². The maximum atomic E-state index is 11.2. The topological polar surface area (TPSA) is 86.0 Å². The Bertz CT molecular complexity index is 1080. The molecule has 1 aliphatic rings. The zero-order valence-electron chi connectivity index (χ0n) is 20.7. The molecule has 1 atom stereocenters. The molecule has 0 radical (unpaired) electrons. The third kappa shape index (κ3) is 6.19. The molecule has 1 fully saturated rings. The van der Waals surface area contributed by atoms with E-state index in [0.29, 0.717) is 23.3 Å². The summed E-state index contributed by atoms with van der Waals surface area (Å²) in [6.45, 7) is 2.97. The van der Waals surface area contributed by atoms with Crippen LogP contribution in [0.15, 0.2) is 54.7 Å². The van der Waals surface area contributed by atoms with E-state index < -0.39 is 6.10 Å². The summed E-state index contributed by atoms with van der Waals surface area (Å²) in [6, 6.07) is 16.2. The van der Waals surface area contributed by atoms with Gasteiger partial charge in [-0.2, -0.15) is 0 Å². The van der Waals surface area contributed by atoms with Crippen LogP contribution < -0.4 is 4.74 Å². The van der Waals surface area contributed by atoms with Gasteiger partial charge >= 0.3 is 0 Å². The molecule has 6 heteroatoms. The number of rotatable bonds is 11. The molecule has 1 saturated heterocycles. The number of pyridine rings is 1. The van der Waals surface area contributed by atoms with Crippen molar-refractivity contribution in [3.63, 3.8) is 0 Å². The number of benzene rings is 2. The second-order valence-electron chi connectivity index (χ2n) is 9.88. The second-order valence-corrected chi connectivity index (χ2v) is 9.88. The fourth-order valence-electron chi connectivity index (χ4n) is 5.36. The van der Waals surface area contributed by atoms with Gasteiger partial charge in [-0.15, -0.1) is 0 Å². The average Bonchev–Trinajstić information content (AvgIpc) is 2.92. The maximum absolute atomic E-state index is 11.2. The van der Waals surface area contributed by atoms with Gasteiger partial charge in [-0.25, -0.2) is 0 Å². The highest BCUT2D eigenvalue weighted by Gasteiger charge is 2.34. The third-order valence-corrected chi connectivity index (χ3v) is 7.69. The molecule has 0 spiro atoms. The summed E-state index contributed by atoms with van der Waals surface area (Å²) < 4.78 is 5.37. The fraction of sp³-hybridized carbons (Fsp3) is 0.483. The van der Waals surface area contributed by atoms with Crippen molar-refractivity contribution in [2.45, 2.75) is 51.2 Å². The quantitative estimate of drug-likeness (QED) is 0.382. The van der Waals surface area contributed by atoms with E-state index >= 15 is 0 Å². The monoisotopic (exact) mass is 478 g/mol. The number of piperidine rings is 1.